The minimum absolute atomic E-state index is 0.415. The second-order valence-electron chi connectivity index (χ2n) is 4.06. The molecule has 1 aromatic rings. The number of ether oxygens (including phenoxy) is 2. The summed E-state index contributed by atoms with van der Waals surface area (Å²) in [5, 5.41) is 0. The molecule has 0 amide bonds. The molecule has 1 aromatic carbocycles. The quantitative estimate of drug-likeness (QED) is 0.753. The van der Waals surface area contributed by atoms with Gasteiger partial charge in [0.15, 0.2) is 0 Å². The summed E-state index contributed by atoms with van der Waals surface area (Å²) in [6.07, 6.45) is 0.779. The van der Waals surface area contributed by atoms with Gasteiger partial charge in [-0.3, -0.25) is 0 Å². The molecule has 0 spiro atoms. The molecule has 0 aliphatic carbocycles. The van der Waals surface area contributed by atoms with Crippen LogP contribution in [0.3, 0.4) is 0 Å². The Morgan fingerprint density at radius 3 is 2.62 bits per heavy atom. The fraction of sp³-hybridized carbons (Fsp3) is 0.538. The van der Waals surface area contributed by atoms with Crippen LogP contribution in [-0.4, -0.2) is 20.3 Å². The highest BCUT2D eigenvalue weighted by Gasteiger charge is 2.24. The highest BCUT2D eigenvalue weighted by atomic mass is 16.5. The van der Waals surface area contributed by atoms with E-state index in [2.05, 4.69) is 0 Å². The third-order valence-electron chi connectivity index (χ3n) is 2.69. The Labute approximate surface area is 97.6 Å². The van der Waals surface area contributed by atoms with Crippen molar-refractivity contribution >= 4 is 0 Å². The Balaban J connectivity index is 2.79. The van der Waals surface area contributed by atoms with Gasteiger partial charge in [-0.2, -0.15) is 0 Å². The number of nitrogens with two attached hydrogens (primary N) is 1. The van der Waals surface area contributed by atoms with Crippen LogP contribution in [-0.2, 0) is 10.3 Å². The Kier molecular flexibility index (Phi) is 4.77. The van der Waals surface area contributed by atoms with Gasteiger partial charge in [0.2, 0.25) is 0 Å². The first-order valence-corrected chi connectivity index (χ1v) is 5.62. The maximum Gasteiger partial charge on any atom is 0.123 e. The zero-order valence-electron chi connectivity index (χ0n) is 10.3. The minimum atomic E-state index is -0.415. The average Bonchev–Trinajstić information content (AvgIpc) is 2.29. The fourth-order valence-electron chi connectivity index (χ4n) is 1.68. The van der Waals surface area contributed by atoms with Crippen molar-refractivity contribution in [1.29, 1.82) is 0 Å². The molecule has 3 heteroatoms. The third-order valence-corrected chi connectivity index (χ3v) is 2.69. The van der Waals surface area contributed by atoms with E-state index in [4.69, 9.17) is 15.2 Å². The first kappa shape index (κ1) is 13.0. The van der Waals surface area contributed by atoms with E-state index in [-0.39, 0.29) is 0 Å². The van der Waals surface area contributed by atoms with Crippen LogP contribution in [0, 0.1) is 0 Å². The van der Waals surface area contributed by atoms with Crippen LogP contribution in [0.25, 0.3) is 0 Å². The molecule has 0 heterocycles. The molecular formula is C13H21NO2. The number of hydrogen-bond donors (Lipinski definition) is 1. The molecule has 2 N–H and O–H groups in total. The molecule has 0 radical (unpaired) electrons. The van der Waals surface area contributed by atoms with Gasteiger partial charge < -0.3 is 15.2 Å². The van der Waals surface area contributed by atoms with Gasteiger partial charge in [-0.05, 0) is 26.3 Å². The lowest BCUT2D eigenvalue weighted by atomic mass is 9.89. The number of para-hydroxylation sites is 1. The summed E-state index contributed by atoms with van der Waals surface area (Å²) >= 11 is 0. The molecule has 0 bridgehead atoms. The van der Waals surface area contributed by atoms with Crippen molar-refractivity contribution in [3.8, 4) is 5.75 Å². The van der Waals surface area contributed by atoms with Crippen LogP contribution in [0.15, 0.2) is 24.3 Å². The fourth-order valence-corrected chi connectivity index (χ4v) is 1.68. The minimum Gasteiger partial charge on any atom is -0.496 e. The molecular weight excluding hydrogens is 202 g/mol. The lowest BCUT2D eigenvalue weighted by molar-refractivity contribution is 0.127. The summed E-state index contributed by atoms with van der Waals surface area (Å²) in [6, 6.07) is 7.86. The average molecular weight is 223 g/mol. The van der Waals surface area contributed by atoms with E-state index < -0.39 is 5.54 Å². The van der Waals surface area contributed by atoms with Gasteiger partial charge in [0.05, 0.1) is 7.11 Å². The van der Waals surface area contributed by atoms with Crippen LogP contribution in [0.5, 0.6) is 5.75 Å². The summed E-state index contributed by atoms with van der Waals surface area (Å²) in [7, 11) is 1.66. The molecule has 0 aliphatic rings. The first-order chi connectivity index (χ1) is 7.61. The van der Waals surface area contributed by atoms with Gasteiger partial charge in [-0.15, -0.1) is 0 Å². The van der Waals surface area contributed by atoms with E-state index in [1.165, 1.54) is 0 Å². The highest BCUT2D eigenvalue weighted by molar-refractivity contribution is 5.38. The number of benzene rings is 1. The topological polar surface area (TPSA) is 44.5 Å². The molecule has 0 aromatic heterocycles. The number of methoxy groups -OCH3 is 1. The highest BCUT2D eigenvalue weighted by Crippen LogP contribution is 2.29. The van der Waals surface area contributed by atoms with Crippen LogP contribution >= 0.6 is 0 Å². The van der Waals surface area contributed by atoms with Gasteiger partial charge in [0.25, 0.3) is 0 Å². The monoisotopic (exact) mass is 223 g/mol. The molecule has 1 unspecified atom stereocenters. The Hall–Kier alpha value is -1.06. The van der Waals surface area contributed by atoms with Gasteiger partial charge >= 0.3 is 0 Å². The van der Waals surface area contributed by atoms with Gasteiger partial charge in [-0.25, -0.2) is 0 Å². The summed E-state index contributed by atoms with van der Waals surface area (Å²) < 4.78 is 10.7. The molecule has 0 fully saturated rings. The van der Waals surface area contributed by atoms with Crippen molar-refractivity contribution in [2.45, 2.75) is 25.8 Å². The van der Waals surface area contributed by atoms with Crippen LogP contribution in [0.1, 0.15) is 25.8 Å². The van der Waals surface area contributed by atoms with Gasteiger partial charge in [0.1, 0.15) is 5.75 Å². The zero-order chi connectivity index (χ0) is 12.0. The molecule has 0 saturated carbocycles. The summed E-state index contributed by atoms with van der Waals surface area (Å²) in [6.45, 7) is 5.38. The number of hydrogen-bond acceptors (Lipinski definition) is 3. The summed E-state index contributed by atoms with van der Waals surface area (Å²) in [5.41, 5.74) is 6.91. The van der Waals surface area contributed by atoms with Crippen molar-refractivity contribution in [3.05, 3.63) is 29.8 Å². The second-order valence-corrected chi connectivity index (χ2v) is 4.06. The van der Waals surface area contributed by atoms with Crippen molar-refractivity contribution in [1.82, 2.24) is 0 Å². The van der Waals surface area contributed by atoms with Crippen molar-refractivity contribution in [3.63, 3.8) is 0 Å². The van der Waals surface area contributed by atoms with Crippen LogP contribution in [0.2, 0.25) is 0 Å². The lowest BCUT2D eigenvalue weighted by Gasteiger charge is -2.26. The molecule has 0 aliphatic heterocycles. The van der Waals surface area contributed by atoms with Crippen LogP contribution in [0.4, 0.5) is 0 Å². The standard InChI is InChI=1S/C13H21NO2/c1-4-16-10-9-13(2,14)11-7-5-6-8-12(11)15-3/h5-8H,4,9-10,14H2,1-3H3. The second kappa shape index (κ2) is 5.87. The van der Waals surface area contributed by atoms with E-state index in [1.54, 1.807) is 7.11 Å². The Bertz CT molecular complexity index is 323. The zero-order valence-corrected chi connectivity index (χ0v) is 10.3. The predicted molar refractivity (Wildman–Crippen MR) is 65.6 cm³/mol. The SMILES string of the molecule is CCOCCC(C)(N)c1ccccc1OC. The Morgan fingerprint density at radius 2 is 2.00 bits per heavy atom. The Morgan fingerprint density at radius 1 is 1.31 bits per heavy atom. The largest absolute Gasteiger partial charge is 0.496 e. The van der Waals surface area contributed by atoms with E-state index in [0.717, 1.165) is 24.3 Å². The predicted octanol–water partition coefficient (Wildman–Crippen LogP) is 2.30. The molecule has 1 atom stereocenters. The third kappa shape index (κ3) is 3.22. The normalized spacial score (nSPS) is 14.5. The smallest absolute Gasteiger partial charge is 0.123 e. The van der Waals surface area contributed by atoms with E-state index in [1.807, 2.05) is 38.1 Å². The van der Waals surface area contributed by atoms with E-state index in [9.17, 15) is 0 Å². The first-order valence-electron chi connectivity index (χ1n) is 5.62. The summed E-state index contributed by atoms with van der Waals surface area (Å²) in [4.78, 5) is 0. The van der Waals surface area contributed by atoms with Gasteiger partial charge in [-0.1, -0.05) is 18.2 Å². The lowest BCUT2D eigenvalue weighted by Crippen LogP contribution is -2.34. The number of rotatable bonds is 6. The van der Waals surface area contributed by atoms with Crippen LogP contribution < -0.4 is 10.5 Å². The molecule has 16 heavy (non-hydrogen) atoms. The maximum absolute atomic E-state index is 6.30. The molecule has 3 nitrogen and oxygen atoms in total. The van der Waals surface area contributed by atoms with Gasteiger partial charge in [0, 0.05) is 24.3 Å². The van der Waals surface area contributed by atoms with Crippen molar-refractivity contribution in [2.75, 3.05) is 20.3 Å². The van der Waals surface area contributed by atoms with E-state index in [0.29, 0.717) is 6.61 Å². The van der Waals surface area contributed by atoms with Crippen molar-refractivity contribution in [2.24, 2.45) is 5.73 Å². The molecule has 90 valence electrons. The summed E-state index contributed by atoms with van der Waals surface area (Å²) in [5.74, 6) is 0.837. The molecule has 1 rings (SSSR count). The maximum atomic E-state index is 6.30. The van der Waals surface area contributed by atoms with Crippen molar-refractivity contribution < 1.29 is 9.47 Å². The molecule has 0 saturated heterocycles. The van der Waals surface area contributed by atoms with E-state index >= 15 is 0 Å².